The van der Waals surface area contributed by atoms with E-state index in [1.165, 1.54) is 0 Å². The highest BCUT2D eigenvalue weighted by atomic mass is 16.7. The van der Waals surface area contributed by atoms with Gasteiger partial charge >= 0.3 is 11.8 Å². The third-order valence-corrected chi connectivity index (χ3v) is 4.01. The number of aromatic nitrogens is 2. The molecule has 9 nitrogen and oxygen atoms in total. The van der Waals surface area contributed by atoms with Crippen molar-refractivity contribution in [3.05, 3.63) is 53.9 Å². The van der Waals surface area contributed by atoms with E-state index in [-0.39, 0.29) is 13.3 Å². The van der Waals surface area contributed by atoms with Crippen LogP contribution in [0.1, 0.15) is 11.5 Å². The molecule has 0 saturated carbocycles. The number of benzene rings is 2. The number of amides is 2. The Bertz CT molecular complexity index is 1030. The number of fused-ring (bicyclic) bond motifs is 1. The van der Waals surface area contributed by atoms with Gasteiger partial charge in [-0.3, -0.25) is 9.59 Å². The maximum absolute atomic E-state index is 12.1. The SMILES string of the molecule is Cc1nnc(-c2ccc(NC(=O)C(=O)NCc3ccc4c(c3)OCO4)cc2)o1. The quantitative estimate of drug-likeness (QED) is 0.665. The third kappa shape index (κ3) is 3.78. The second kappa shape index (κ2) is 7.39. The van der Waals surface area contributed by atoms with E-state index in [9.17, 15) is 9.59 Å². The average molecular weight is 380 g/mol. The Morgan fingerprint density at radius 3 is 2.54 bits per heavy atom. The maximum atomic E-state index is 12.1. The summed E-state index contributed by atoms with van der Waals surface area (Å²) in [5.41, 5.74) is 1.98. The van der Waals surface area contributed by atoms with E-state index in [0.29, 0.717) is 34.5 Å². The summed E-state index contributed by atoms with van der Waals surface area (Å²) in [4.78, 5) is 24.1. The molecule has 0 saturated heterocycles. The first-order valence-corrected chi connectivity index (χ1v) is 8.47. The minimum Gasteiger partial charge on any atom is -0.454 e. The van der Waals surface area contributed by atoms with Gasteiger partial charge in [0.25, 0.3) is 0 Å². The van der Waals surface area contributed by atoms with Crippen molar-refractivity contribution in [2.24, 2.45) is 0 Å². The topological polar surface area (TPSA) is 116 Å². The van der Waals surface area contributed by atoms with Crippen molar-refractivity contribution >= 4 is 17.5 Å². The minimum absolute atomic E-state index is 0.179. The van der Waals surface area contributed by atoms with Gasteiger partial charge in [-0.25, -0.2) is 0 Å². The first-order valence-electron chi connectivity index (χ1n) is 8.47. The summed E-state index contributed by atoms with van der Waals surface area (Å²) < 4.78 is 15.9. The van der Waals surface area contributed by atoms with E-state index in [1.54, 1.807) is 49.4 Å². The molecule has 1 aliphatic rings. The molecule has 9 heteroatoms. The zero-order valence-corrected chi connectivity index (χ0v) is 14.9. The molecular weight excluding hydrogens is 364 g/mol. The molecule has 0 aliphatic carbocycles. The van der Waals surface area contributed by atoms with E-state index in [0.717, 1.165) is 5.56 Å². The number of aryl methyl sites for hydroxylation is 1. The lowest BCUT2D eigenvalue weighted by Crippen LogP contribution is -2.34. The summed E-state index contributed by atoms with van der Waals surface area (Å²) in [6.45, 7) is 2.07. The number of anilines is 1. The van der Waals surface area contributed by atoms with Crippen molar-refractivity contribution in [2.75, 3.05) is 12.1 Å². The van der Waals surface area contributed by atoms with E-state index >= 15 is 0 Å². The van der Waals surface area contributed by atoms with Gasteiger partial charge in [0.15, 0.2) is 11.5 Å². The molecule has 3 aromatic rings. The molecule has 2 N–H and O–H groups in total. The lowest BCUT2D eigenvalue weighted by Gasteiger charge is -2.07. The fraction of sp³-hybridized carbons (Fsp3) is 0.158. The molecule has 0 unspecified atom stereocenters. The van der Waals surface area contributed by atoms with E-state index < -0.39 is 11.8 Å². The molecule has 0 radical (unpaired) electrons. The average Bonchev–Trinajstić information content (AvgIpc) is 3.35. The zero-order valence-electron chi connectivity index (χ0n) is 14.9. The molecule has 0 fully saturated rings. The Balaban J connectivity index is 1.32. The van der Waals surface area contributed by atoms with Crippen molar-refractivity contribution in [3.8, 4) is 23.0 Å². The van der Waals surface area contributed by atoms with Crippen LogP contribution in [0.5, 0.6) is 11.5 Å². The lowest BCUT2D eigenvalue weighted by molar-refractivity contribution is -0.136. The first kappa shape index (κ1) is 17.5. The highest BCUT2D eigenvalue weighted by molar-refractivity contribution is 6.39. The highest BCUT2D eigenvalue weighted by Crippen LogP contribution is 2.32. The van der Waals surface area contributed by atoms with Gasteiger partial charge < -0.3 is 24.5 Å². The smallest absolute Gasteiger partial charge is 0.313 e. The summed E-state index contributed by atoms with van der Waals surface area (Å²) in [5, 5.41) is 12.8. The third-order valence-electron chi connectivity index (χ3n) is 4.01. The van der Waals surface area contributed by atoms with Gasteiger partial charge in [0, 0.05) is 24.7 Å². The molecule has 2 aromatic carbocycles. The first-order chi connectivity index (χ1) is 13.6. The minimum atomic E-state index is -0.762. The Kier molecular flexibility index (Phi) is 4.63. The maximum Gasteiger partial charge on any atom is 0.313 e. The molecule has 142 valence electrons. The highest BCUT2D eigenvalue weighted by Gasteiger charge is 2.16. The number of hydrogen-bond acceptors (Lipinski definition) is 7. The Morgan fingerprint density at radius 1 is 1.00 bits per heavy atom. The largest absolute Gasteiger partial charge is 0.454 e. The molecule has 0 atom stereocenters. The standard InChI is InChI=1S/C19H16N4O5/c1-11-22-23-19(28-11)13-3-5-14(6-4-13)21-18(25)17(24)20-9-12-2-7-15-16(8-12)27-10-26-15/h2-8H,9-10H2,1H3,(H,20,24)(H,21,25). The van der Waals surface area contributed by atoms with Crippen LogP contribution in [0.2, 0.25) is 0 Å². The van der Waals surface area contributed by atoms with E-state index in [2.05, 4.69) is 20.8 Å². The number of carbonyl (C=O) groups is 2. The molecule has 0 bridgehead atoms. The van der Waals surface area contributed by atoms with Gasteiger partial charge in [0.05, 0.1) is 0 Å². The van der Waals surface area contributed by atoms with Gasteiger partial charge in [-0.1, -0.05) is 6.07 Å². The molecule has 4 rings (SSSR count). The fourth-order valence-corrected chi connectivity index (χ4v) is 2.61. The second-order valence-electron chi connectivity index (χ2n) is 6.03. The summed E-state index contributed by atoms with van der Waals surface area (Å²) in [5.74, 6) is 0.624. The van der Waals surface area contributed by atoms with Crippen LogP contribution >= 0.6 is 0 Å². The van der Waals surface area contributed by atoms with E-state index in [1.807, 2.05) is 0 Å². The molecule has 28 heavy (non-hydrogen) atoms. The molecule has 1 aromatic heterocycles. The number of hydrogen-bond donors (Lipinski definition) is 2. The van der Waals surface area contributed by atoms with Gasteiger partial charge in [0.2, 0.25) is 18.6 Å². The van der Waals surface area contributed by atoms with Crippen LogP contribution in [0.15, 0.2) is 46.9 Å². The van der Waals surface area contributed by atoms with E-state index in [4.69, 9.17) is 13.9 Å². The summed E-state index contributed by atoms with van der Waals surface area (Å²) in [6.07, 6.45) is 0. The van der Waals surface area contributed by atoms with Crippen LogP contribution in [-0.2, 0) is 16.1 Å². The van der Waals surface area contributed by atoms with Gasteiger partial charge in [-0.05, 0) is 42.0 Å². The van der Waals surface area contributed by atoms with Crippen molar-refractivity contribution in [3.63, 3.8) is 0 Å². The molecular formula is C19H16N4O5. The van der Waals surface area contributed by atoms with Gasteiger partial charge in [0.1, 0.15) is 0 Å². The van der Waals surface area contributed by atoms with Crippen LogP contribution in [-0.4, -0.2) is 28.8 Å². The summed E-state index contributed by atoms with van der Waals surface area (Å²) in [7, 11) is 0. The van der Waals surface area contributed by atoms with Crippen LogP contribution in [0.3, 0.4) is 0 Å². The van der Waals surface area contributed by atoms with Crippen LogP contribution in [0, 0.1) is 6.92 Å². The van der Waals surface area contributed by atoms with Crippen molar-refractivity contribution in [1.82, 2.24) is 15.5 Å². The predicted molar refractivity (Wildman–Crippen MR) is 97.5 cm³/mol. The number of nitrogens with zero attached hydrogens (tertiary/aromatic N) is 2. The number of carbonyl (C=O) groups excluding carboxylic acids is 2. The molecule has 1 aliphatic heterocycles. The van der Waals surface area contributed by atoms with Crippen LogP contribution in [0.4, 0.5) is 5.69 Å². The molecule has 0 spiro atoms. The zero-order chi connectivity index (χ0) is 19.5. The second-order valence-corrected chi connectivity index (χ2v) is 6.03. The molecule has 2 heterocycles. The Hall–Kier alpha value is -3.88. The van der Waals surface area contributed by atoms with Gasteiger partial charge in [-0.15, -0.1) is 10.2 Å². The van der Waals surface area contributed by atoms with Crippen molar-refractivity contribution < 1.29 is 23.5 Å². The van der Waals surface area contributed by atoms with Crippen molar-refractivity contribution in [2.45, 2.75) is 13.5 Å². The number of nitrogens with one attached hydrogen (secondary N) is 2. The van der Waals surface area contributed by atoms with Gasteiger partial charge in [-0.2, -0.15) is 0 Å². The fourth-order valence-electron chi connectivity index (χ4n) is 2.61. The summed E-state index contributed by atoms with van der Waals surface area (Å²) in [6, 6.07) is 12.1. The number of rotatable bonds is 4. The normalized spacial score (nSPS) is 11.9. The predicted octanol–water partition coefficient (Wildman–Crippen LogP) is 2.03. The monoisotopic (exact) mass is 380 g/mol. The lowest BCUT2D eigenvalue weighted by atomic mass is 10.2. The Labute approximate surface area is 159 Å². The Morgan fingerprint density at radius 2 is 1.79 bits per heavy atom. The van der Waals surface area contributed by atoms with Crippen LogP contribution < -0.4 is 20.1 Å². The number of ether oxygens (including phenoxy) is 2. The molecule has 2 amide bonds. The van der Waals surface area contributed by atoms with Crippen molar-refractivity contribution in [1.29, 1.82) is 0 Å². The van der Waals surface area contributed by atoms with Crippen LogP contribution in [0.25, 0.3) is 11.5 Å². The summed E-state index contributed by atoms with van der Waals surface area (Å²) >= 11 is 0.